The van der Waals surface area contributed by atoms with Crippen molar-refractivity contribution in [2.75, 3.05) is 0 Å². The average molecular weight is 387 g/mol. The third kappa shape index (κ3) is 4.97. The first-order chi connectivity index (χ1) is 13.4. The topological polar surface area (TPSA) is 9.23 Å². The highest BCUT2D eigenvalue weighted by Crippen LogP contribution is 2.39. The zero-order valence-corrected chi connectivity index (χ0v) is 16.3. The summed E-state index contributed by atoms with van der Waals surface area (Å²) in [5.41, 5.74) is 0. The van der Waals surface area contributed by atoms with E-state index in [0.29, 0.717) is 0 Å². The molecule has 0 N–H and O–H groups in total. The fourth-order valence-corrected chi connectivity index (χ4v) is 4.52. The van der Waals surface area contributed by atoms with Crippen molar-refractivity contribution >= 4 is 23.5 Å². The summed E-state index contributed by atoms with van der Waals surface area (Å²) in [6.07, 6.45) is 0. The number of benzene rings is 4. The van der Waals surface area contributed by atoms with Gasteiger partial charge in [0.15, 0.2) is 0 Å². The fraction of sp³-hybridized carbons (Fsp3) is 0. The van der Waals surface area contributed by atoms with Gasteiger partial charge < -0.3 is 4.74 Å². The lowest BCUT2D eigenvalue weighted by atomic mass is 10.3. The molecule has 0 fully saturated rings. The van der Waals surface area contributed by atoms with Gasteiger partial charge in [-0.05, 0) is 60.7 Å². The molecule has 4 aromatic rings. The van der Waals surface area contributed by atoms with Crippen LogP contribution >= 0.6 is 23.5 Å². The van der Waals surface area contributed by atoms with Gasteiger partial charge in [0.05, 0.1) is 0 Å². The first-order valence-corrected chi connectivity index (χ1v) is 10.3. The summed E-state index contributed by atoms with van der Waals surface area (Å²) in [6.45, 7) is 0. The Morgan fingerprint density at radius 2 is 0.852 bits per heavy atom. The van der Waals surface area contributed by atoms with Crippen LogP contribution in [-0.4, -0.2) is 0 Å². The minimum Gasteiger partial charge on any atom is -0.457 e. The molecule has 132 valence electrons. The summed E-state index contributed by atoms with van der Waals surface area (Å²) in [7, 11) is 0. The molecule has 27 heavy (non-hydrogen) atoms. The SMILES string of the molecule is c1ccc(Oc2ccc(Sc3ccccc3Sc3ccccc3)cc2)cc1. The Morgan fingerprint density at radius 1 is 0.407 bits per heavy atom. The molecule has 0 bridgehead atoms. The largest absolute Gasteiger partial charge is 0.457 e. The van der Waals surface area contributed by atoms with E-state index in [1.807, 2.05) is 48.5 Å². The van der Waals surface area contributed by atoms with E-state index in [2.05, 4.69) is 60.7 Å². The van der Waals surface area contributed by atoms with Crippen molar-refractivity contribution in [3.8, 4) is 11.5 Å². The molecule has 0 saturated heterocycles. The van der Waals surface area contributed by atoms with Crippen molar-refractivity contribution in [2.45, 2.75) is 19.6 Å². The molecule has 0 spiro atoms. The first-order valence-electron chi connectivity index (χ1n) is 8.69. The molecule has 0 atom stereocenters. The Labute approximate surface area is 168 Å². The van der Waals surface area contributed by atoms with E-state index in [4.69, 9.17) is 4.74 Å². The van der Waals surface area contributed by atoms with Crippen LogP contribution in [0.1, 0.15) is 0 Å². The Morgan fingerprint density at radius 3 is 1.44 bits per heavy atom. The molecule has 0 aliphatic carbocycles. The van der Waals surface area contributed by atoms with Crippen molar-refractivity contribution in [3.63, 3.8) is 0 Å². The lowest BCUT2D eigenvalue weighted by Crippen LogP contribution is -1.84. The summed E-state index contributed by atoms with van der Waals surface area (Å²) in [5.74, 6) is 1.69. The molecule has 0 amide bonds. The maximum absolute atomic E-state index is 5.87. The monoisotopic (exact) mass is 386 g/mol. The second-order valence-corrected chi connectivity index (χ2v) is 8.08. The zero-order valence-electron chi connectivity index (χ0n) is 14.6. The highest BCUT2D eigenvalue weighted by molar-refractivity contribution is 8.02. The molecule has 3 heteroatoms. The predicted octanol–water partition coefficient (Wildman–Crippen LogP) is 7.78. The number of rotatable bonds is 6. The Kier molecular flexibility index (Phi) is 5.83. The first kappa shape index (κ1) is 17.8. The van der Waals surface area contributed by atoms with Crippen LogP contribution in [0.15, 0.2) is 129 Å². The van der Waals surface area contributed by atoms with Crippen LogP contribution in [0.25, 0.3) is 0 Å². The minimum absolute atomic E-state index is 0.845. The van der Waals surface area contributed by atoms with Crippen molar-refractivity contribution < 1.29 is 4.74 Å². The van der Waals surface area contributed by atoms with Gasteiger partial charge >= 0.3 is 0 Å². The summed E-state index contributed by atoms with van der Waals surface area (Å²) in [5, 5.41) is 0. The molecule has 0 aliphatic heterocycles. The number of ether oxygens (including phenoxy) is 1. The highest BCUT2D eigenvalue weighted by Gasteiger charge is 2.06. The normalized spacial score (nSPS) is 10.5. The molecule has 0 saturated carbocycles. The lowest BCUT2D eigenvalue weighted by molar-refractivity contribution is 0.482. The molecule has 4 aromatic carbocycles. The van der Waals surface area contributed by atoms with Gasteiger partial charge in [0, 0.05) is 19.6 Å². The van der Waals surface area contributed by atoms with Crippen LogP contribution in [-0.2, 0) is 0 Å². The van der Waals surface area contributed by atoms with Gasteiger partial charge in [-0.25, -0.2) is 0 Å². The number of para-hydroxylation sites is 1. The predicted molar refractivity (Wildman–Crippen MR) is 114 cm³/mol. The third-order valence-corrected chi connectivity index (χ3v) is 6.15. The van der Waals surface area contributed by atoms with E-state index in [0.717, 1.165) is 11.5 Å². The maximum Gasteiger partial charge on any atom is 0.127 e. The summed E-state index contributed by atoms with van der Waals surface area (Å²) >= 11 is 3.56. The molecule has 0 aliphatic rings. The third-order valence-electron chi connectivity index (χ3n) is 3.85. The minimum atomic E-state index is 0.845. The highest BCUT2D eigenvalue weighted by atomic mass is 32.2. The van der Waals surface area contributed by atoms with Crippen molar-refractivity contribution in [3.05, 3.63) is 109 Å². The maximum atomic E-state index is 5.87. The second kappa shape index (κ2) is 8.85. The van der Waals surface area contributed by atoms with Gasteiger partial charge in [0.1, 0.15) is 11.5 Å². The van der Waals surface area contributed by atoms with Gasteiger partial charge in [-0.2, -0.15) is 0 Å². The lowest BCUT2D eigenvalue weighted by Gasteiger charge is -2.10. The van der Waals surface area contributed by atoms with Gasteiger partial charge in [0.25, 0.3) is 0 Å². The van der Waals surface area contributed by atoms with Gasteiger partial charge in [-0.3, -0.25) is 0 Å². The summed E-state index contributed by atoms with van der Waals surface area (Å²) in [4.78, 5) is 4.95. The van der Waals surface area contributed by atoms with E-state index in [1.54, 1.807) is 23.5 Å². The molecule has 0 heterocycles. The van der Waals surface area contributed by atoms with Crippen molar-refractivity contribution in [1.29, 1.82) is 0 Å². The van der Waals surface area contributed by atoms with Gasteiger partial charge in [-0.1, -0.05) is 72.1 Å². The van der Waals surface area contributed by atoms with Crippen LogP contribution in [0.3, 0.4) is 0 Å². The average Bonchev–Trinajstić information content (AvgIpc) is 2.72. The molecule has 0 unspecified atom stereocenters. The van der Waals surface area contributed by atoms with Crippen LogP contribution in [0, 0.1) is 0 Å². The summed E-state index contributed by atoms with van der Waals surface area (Å²) < 4.78 is 5.87. The van der Waals surface area contributed by atoms with Crippen LogP contribution in [0.4, 0.5) is 0 Å². The molecule has 0 radical (unpaired) electrons. The van der Waals surface area contributed by atoms with Gasteiger partial charge in [0.2, 0.25) is 0 Å². The number of hydrogen-bond donors (Lipinski definition) is 0. The van der Waals surface area contributed by atoms with E-state index in [1.165, 1.54) is 19.6 Å². The van der Waals surface area contributed by atoms with Gasteiger partial charge in [-0.15, -0.1) is 0 Å². The quantitative estimate of drug-likeness (QED) is 0.335. The van der Waals surface area contributed by atoms with E-state index >= 15 is 0 Å². The molecular formula is C24H18OS2. The van der Waals surface area contributed by atoms with Crippen molar-refractivity contribution in [1.82, 2.24) is 0 Å². The van der Waals surface area contributed by atoms with Crippen molar-refractivity contribution in [2.24, 2.45) is 0 Å². The Hall–Kier alpha value is -2.62. The molecule has 0 aromatic heterocycles. The van der Waals surface area contributed by atoms with Crippen LogP contribution in [0.5, 0.6) is 11.5 Å². The standard InChI is InChI=1S/C24H18OS2/c1-3-9-19(10-4-1)25-20-15-17-22(18-16-20)27-24-14-8-7-13-23(24)26-21-11-5-2-6-12-21/h1-18H. The van der Waals surface area contributed by atoms with E-state index in [-0.39, 0.29) is 0 Å². The molecule has 4 rings (SSSR count). The van der Waals surface area contributed by atoms with E-state index in [9.17, 15) is 0 Å². The fourth-order valence-electron chi connectivity index (χ4n) is 2.56. The van der Waals surface area contributed by atoms with Crippen LogP contribution in [0.2, 0.25) is 0 Å². The smallest absolute Gasteiger partial charge is 0.127 e. The summed E-state index contributed by atoms with van der Waals surface area (Å²) in [6, 6.07) is 37.1. The molecule has 1 nitrogen and oxygen atoms in total. The Bertz CT molecular complexity index is 984. The second-order valence-electron chi connectivity index (χ2n) is 5.85. The number of hydrogen-bond acceptors (Lipinski definition) is 3. The van der Waals surface area contributed by atoms with Crippen LogP contribution < -0.4 is 4.74 Å². The van der Waals surface area contributed by atoms with E-state index < -0.39 is 0 Å². The zero-order chi connectivity index (χ0) is 18.3. The Balaban J connectivity index is 1.48. The molecular weight excluding hydrogens is 368 g/mol.